The molecule has 0 aliphatic rings. The lowest BCUT2D eigenvalue weighted by atomic mass is 9.95. The third kappa shape index (κ3) is 10.6. The molecule has 0 aromatic heterocycles. The van der Waals surface area contributed by atoms with Gasteiger partial charge >= 0.3 is 1.43 Å². The highest BCUT2D eigenvalue weighted by Gasteiger charge is 2.07. The number of aryl methyl sites for hydroxylation is 1. The average molecular weight is 348 g/mol. The number of benzene rings is 1. The van der Waals surface area contributed by atoms with E-state index in [4.69, 9.17) is 0 Å². The van der Waals surface area contributed by atoms with Crippen LogP contribution >= 0.6 is 0 Å². The highest BCUT2D eigenvalue weighted by Crippen LogP contribution is 2.25. The molecule has 0 spiro atoms. The second kappa shape index (κ2) is 15.3. The van der Waals surface area contributed by atoms with Crippen molar-refractivity contribution in [1.82, 2.24) is 0 Å². The molecule has 0 heterocycles. The first-order valence-electron chi connectivity index (χ1n) is 11.1. The number of rotatable bonds is 16. The van der Waals surface area contributed by atoms with Gasteiger partial charge in [-0.1, -0.05) is 103 Å². The van der Waals surface area contributed by atoms with Crippen LogP contribution in [0.5, 0.6) is 5.75 Å². The SMILES string of the molecule is CCCCCCCCCc1cccc(O)c1CCCCCCCCC.[H+]. The minimum Gasteiger partial charge on any atom is -0.508 e. The van der Waals surface area contributed by atoms with E-state index in [0.29, 0.717) is 5.75 Å². The van der Waals surface area contributed by atoms with Crippen LogP contribution in [0.25, 0.3) is 0 Å². The van der Waals surface area contributed by atoms with Gasteiger partial charge in [-0.3, -0.25) is 0 Å². The molecule has 0 unspecified atom stereocenters. The molecule has 0 aliphatic heterocycles. The van der Waals surface area contributed by atoms with Gasteiger partial charge in [-0.2, -0.15) is 0 Å². The summed E-state index contributed by atoms with van der Waals surface area (Å²) in [6.45, 7) is 4.54. The van der Waals surface area contributed by atoms with Crippen molar-refractivity contribution in [3.63, 3.8) is 0 Å². The first kappa shape index (κ1) is 22.1. The van der Waals surface area contributed by atoms with Crippen LogP contribution in [0.4, 0.5) is 0 Å². The minimum absolute atomic E-state index is 0. The Morgan fingerprint density at radius 2 is 1.12 bits per heavy atom. The summed E-state index contributed by atoms with van der Waals surface area (Å²) in [5, 5.41) is 10.3. The molecule has 1 heteroatoms. The second-order valence-corrected chi connectivity index (χ2v) is 7.66. The van der Waals surface area contributed by atoms with Crippen molar-refractivity contribution in [2.75, 3.05) is 0 Å². The van der Waals surface area contributed by atoms with Gasteiger partial charge in [-0.05, 0) is 42.9 Å². The van der Waals surface area contributed by atoms with Crippen LogP contribution in [0.3, 0.4) is 0 Å². The zero-order valence-corrected chi connectivity index (χ0v) is 17.0. The smallest absolute Gasteiger partial charge is 0.508 e. The predicted molar refractivity (Wildman–Crippen MR) is 113 cm³/mol. The van der Waals surface area contributed by atoms with Crippen LogP contribution in [-0.4, -0.2) is 5.11 Å². The minimum atomic E-state index is 0. The van der Waals surface area contributed by atoms with Gasteiger partial charge in [0.15, 0.2) is 0 Å². The summed E-state index contributed by atoms with van der Waals surface area (Å²) in [6, 6.07) is 6.11. The summed E-state index contributed by atoms with van der Waals surface area (Å²) in [7, 11) is 0. The molecule has 0 radical (unpaired) electrons. The first-order valence-corrected chi connectivity index (χ1v) is 11.1. The third-order valence-corrected chi connectivity index (χ3v) is 5.33. The van der Waals surface area contributed by atoms with Gasteiger partial charge in [0, 0.05) is 0 Å². The van der Waals surface area contributed by atoms with Gasteiger partial charge in [0.05, 0.1) is 0 Å². The van der Waals surface area contributed by atoms with Crippen molar-refractivity contribution in [3.05, 3.63) is 29.3 Å². The molecule has 1 rings (SSSR count). The molecular weight excluding hydrogens is 304 g/mol. The van der Waals surface area contributed by atoms with Crippen molar-refractivity contribution in [3.8, 4) is 5.75 Å². The molecule has 0 amide bonds. The molecule has 0 saturated carbocycles. The topological polar surface area (TPSA) is 20.2 Å². The number of phenolic OH excluding ortho intramolecular Hbond substituents is 1. The maximum Gasteiger partial charge on any atom is 1.00 e. The summed E-state index contributed by atoms with van der Waals surface area (Å²) in [6.07, 6.45) is 21.0. The Morgan fingerprint density at radius 3 is 1.68 bits per heavy atom. The number of phenols is 1. The fraction of sp³-hybridized carbons (Fsp3) is 0.750. The fourth-order valence-corrected chi connectivity index (χ4v) is 3.68. The molecule has 1 N–H and O–H groups in total. The van der Waals surface area contributed by atoms with Crippen LogP contribution in [0.2, 0.25) is 0 Å². The summed E-state index contributed by atoms with van der Waals surface area (Å²) in [5.41, 5.74) is 2.61. The Bertz CT molecular complexity index is 430. The normalized spacial score (nSPS) is 11.1. The van der Waals surface area contributed by atoms with E-state index in [1.807, 2.05) is 12.1 Å². The summed E-state index contributed by atoms with van der Waals surface area (Å²) >= 11 is 0. The van der Waals surface area contributed by atoms with Crippen molar-refractivity contribution < 1.29 is 6.53 Å². The zero-order chi connectivity index (χ0) is 18.2. The van der Waals surface area contributed by atoms with E-state index in [1.54, 1.807) is 0 Å². The zero-order valence-electron chi connectivity index (χ0n) is 18.0. The maximum atomic E-state index is 10.3. The molecule has 1 aromatic carbocycles. The van der Waals surface area contributed by atoms with Gasteiger partial charge in [0.2, 0.25) is 0 Å². The van der Waals surface area contributed by atoms with Crippen molar-refractivity contribution in [2.24, 2.45) is 0 Å². The van der Waals surface area contributed by atoms with Crippen molar-refractivity contribution in [2.45, 2.75) is 117 Å². The Hall–Kier alpha value is -0.980. The summed E-state index contributed by atoms with van der Waals surface area (Å²) < 4.78 is 0. The van der Waals surface area contributed by atoms with Crippen molar-refractivity contribution >= 4 is 0 Å². The van der Waals surface area contributed by atoms with E-state index >= 15 is 0 Å². The number of hydrogen-bond acceptors (Lipinski definition) is 1. The monoisotopic (exact) mass is 347 g/mol. The lowest BCUT2D eigenvalue weighted by Gasteiger charge is -2.12. The lowest BCUT2D eigenvalue weighted by Crippen LogP contribution is -1.96. The van der Waals surface area contributed by atoms with Gasteiger partial charge < -0.3 is 5.11 Å². The molecule has 1 aromatic rings. The molecule has 0 atom stereocenters. The van der Waals surface area contributed by atoms with Crippen molar-refractivity contribution in [1.29, 1.82) is 0 Å². The Balaban J connectivity index is 0.00000625. The molecular formula is C24H43O+. The van der Waals surface area contributed by atoms with Gasteiger partial charge in [-0.15, -0.1) is 0 Å². The van der Waals surface area contributed by atoms with E-state index in [-0.39, 0.29) is 1.43 Å². The quantitative estimate of drug-likeness (QED) is 0.299. The van der Waals surface area contributed by atoms with Crippen LogP contribution in [0.1, 0.15) is 116 Å². The number of hydrogen-bond donors (Lipinski definition) is 1. The van der Waals surface area contributed by atoms with Gasteiger partial charge in [0.25, 0.3) is 0 Å². The van der Waals surface area contributed by atoms with Gasteiger partial charge in [-0.25, -0.2) is 0 Å². The highest BCUT2D eigenvalue weighted by molar-refractivity contribution is 5.39. The first-order chi connectivity index (χ1) is 12.3. The molecule has 0 aliphatic carbocycles. The molecule has 0 saturated heterocycles. The molecule has 1 nitrogen and oxygen atoms in total. The van der Waals surface area contributed by atoms with E-state index < -0.39 is 0 Å². The highest BCUT2D eigenvalue weighted by atomic mass is 16.3. The number of unbranched alkanes of at least 4 members (excludes halogenated alkanes) is 12. The van der Waals surface area contributed by atoms with Crippen LogP contribution in [-0.2, 0) is 12.8 Å². The van der Waals surface area contributed by atoms with E-state index in [0.717, 1.165) is 12.8 Å². The van der Waals surface area contributed by atoms with E-state index in [1.165, 1.54) is 101 Å². The lowest BCUT2D eigenvalue weighted by molar-refractivity contribution is 0.464. The second-order valence-electron chi connectivity index (χ2n) is 7.66. The van der Waals surface area contributed by atoms with E-state index in [9.17, 15) is 5.11 Å². The van der Waals surface area contributed by atoms with Crippen LogP contribution < -0.4 is 0 Å². The molecule has 25 heavy (non-hydrogen) atoms. The van der Waals surface area contributed by atoms with Crippen LogP contribution in [0.15, 0.2) is 18.2 Å². The predicted octanol–water partition coefficient (Wildman–Crippen LogP) is 8.09. The standard InChI is InChI=1S/C24H42O/c1-3-5-7-9-11-13-15-18-22-19-17-21-24(25)23(22)20-16-14-12-10-8-6-4-2/h17,19,21,25H,3-16,18,20H2,1-2H3/p+1. The summed E-state index contributed by atoms with van der Waals surface area (Å²) in [4.78, 5) is 0. The van der Waals surface area contributed by atoms with Crippen LogP contribution in [0, 0.1) is 0 Å². The fourth-order valence-electron chi connectivity index (χ4n) is 3.68. The molecule has 0 bridgehead atoms. The summed E-state index contributed by atoms with van der Waals surface area (Å²) in [5.74, 6) is 0.520. The Morgan fingerprint density at radius 1 is 0.640 bits per heavy atom. The maximum absolute atomic E-state index is 10.3. The van der Waals surface area contributed by atoms with E-state index in [2.05, 4.69) is 19.9 Å². The molecule has 144 valence electrons. The van der Waals surface area contributed by atoms with Gasteiger partial charge in [0.1, 0.15) is 5.75 Å². The third-order valence-electron chi connectivity index (χ3n) is 5.33. The Labute approximate surface area is 158 Å². The Kier molecular flexibility index (Phi) is 13.5. The largest absolute Gasteiger partial charge is 1.00 e. The molecule has 0 fully saturated rings. The number of aromatic hydroxyl groups is 1. The average Bonchev–Trinajstić information content (AvgIpc) is 2.62.